The van der Waals surface area contributed by atoms with Crippen LogP contribution in [0.3, 0.4) is 0 Å². The lowest BCUT2D eigenvalue weighted by molar-refractivity contribution is 0.0440. The zero-order valence-electron chi connectivity index (χ0n) is 8.47. The van der Waals surface area contributed by atoms with Gasteiger partial charge in [0.05, 0.1) is 12.7 Å². The van der Waals surface area contributed by atoms with E-state index in [-0.39, 0.29) is 0 Å². The highest BCUT2D eigenvalue weighted by Crippen LogP contribution is 2.14. The summed E-state index contributed by atoms with van der Waals surface area (Å²) in [6.45, 7) is 8.63. The van der Waals surface area contributed by atoms with E-state index in [1.165, 1.54) is 6.42 Å². The molecular weight excluding hydrogens is 150 g/mol. The summed E-state index contributed by atoms with van der Waals surface area (Å²) in [6.07, 6.45) is 2.77. The number of hydrogen-bond donors (Lipinski definition) is 1. The van der Waals surface area contributed by atoms with Gasteiger partial charge in [-0.3, -0.25) is 0 Å². The quantitative estimate of drug-likeness (QED) is 0.684. The molecule has 1 saturated heterocycles. The van der Waals surface area contributed by atoms with Gasteiger partial charge < -0.3 is 10.1 Å². The fraction of sp³-hybridized carbons (Fsp3) is 1.00. The van der Waals surface area contributed by atoms with Crippen molar-refractivity contribution in [3.8, 4) is 0 Å². The van der Waals surface area contributed by atoms with Crippen LogP contribution in [0.2, 0.25) is 0 Å². The summed E-state index contributed by atoms with van der Waals surface area (Å²) in [5.41, 5.74) is 0. The average Bonchev–Trinajstić information content (AvgIpc) is 2.27. The summed E-state index contributed by atoms with van der Waals surface area (Å²) in [7, 11) is 0. The minimum Gasteiger partial charge on any atom is -0.377 e. The van der Waals surface area contributed by atoms with Crippen molar-refractivity contribution < 1.29 is 4.74 Å². The van der Waals surface area contributed by atoms with Crippen LogP contribution in [-0.2, 0) is 4.74 Å². The molecular formula is C10H21NO. The van der Waals surface area contributed by atoms with Crippen molar-refractivity contribution in [2.75, 3.05) is 13.2 Å². The maximum atomic E-state index is 5.76. The monoisotopic (exact) mass is 171 g/mol. The number of ether oxygens (including phenoxy) is 1. The molecule has 1 fully saturated rings. The van der Waals surface area contributed by atoms with E-state index < -0.39 is 0 Å². The number of nitrogens with one attached hydrogen (secondary N) is 1. The Balaban J connectivity index is 2.41. The van der Waals surface area contributed by atoms with Crippen LogP contribution in [0, 0.1) is 5.92 Å². The lowest BCUT2D eigenvalue weighted by Crippen LogP contribution is -2.34. The van der Waals surface area contributed by atoms with Crippen LogP contribution in [0.25, 0.3) is 0 Å². The van der Waals surface area contributed by atoms with Gasteiger partial charge in [0, 0.05) is 12.6 Å². The fourth-order valence-electron chi connectivity index (χ4n) is 1.68. The first-order valence-corrected chi connectivity index (χ1v) is 5.12. The van der Waals surface area contributed by atoms with Gasteiger partial charge in [-0.25, -0.2) is 0 Å². The Kier molecular flexibility index (Phi) is 4.02. The van der Waals surface area contributed by atoms with Gasteiger partial charge >= 0.3 is 0 Å². The highest BCUT2D eigenvalue weighted by molar-refractivity contribution is 4.76. The molecule has 1 heterocycles. The predicted molar refractivity (Wildman–Crippen MR) is 51.3 cm³/mol. The summed E-state index contributed by atoms with van der Waals surface area (Å²) < 4.78 is 5.76. The molecule has 0 bridgehead atoms. The van der Waals surface area contributed by atoms with E-state index in [2.05, 4.69) is 26.1 Å². The van der Waals surface area contributed by atoms with E-state index in [1.807, 2.05) is 0 Å². The van der Waals surface area contributed by atoms with Gasteiger partial charge in [-0.05, 0) is 25.7 Å². The molecule has 1 aliphatic rings. The summed E-state index contributed by atoms with van der Waals surface area (Å²) in [5, 5.41) is 3.52. The normalized spacial score (nSPS) is 37.8. The highest BCUT2D eigenvalue weighted by atomic mass is 16.5. The first-order valence-electron chi connectivity index (χ1n) is 5.12. The zero-order valence-corrected chi connectivity index (χ0v) is 8.47. The molecule has 0 aromatic carbocycles. The fourth-order valence-corrected chi connectivity index (χ4v) is 1.68. The Morgan fingerprint density at radius 3 is 2.67 bits per heavy atom. The van der Waals surface area contributed by atoms with Crippen molar-refractivity contribution in [2.24, 2.45) is 5.92 Å². The largest absolute Gasteiger partial charge is 0.377 e. The molecule has 0 aromatic rings. The van der Waals surface area contributed by atoms with Gasteiger partial charge in [-0.1, -0.05) is 13.8 Å². The maximum absolute atomic E-state index is 5.76. The molecule has 2 heteroatoms. The Bertz CT molecular complexity index is 127. The third kappa shape index (κ3) is 2.46. The minimum atomic E-state index is 0.434. The molecule has 3 atom stereocenters. The van der Waals surface area contributed by atoms with Gasteiger partial charge in [-0.2, -0.15) is 0 Å². The van der Waals surface area contributed by atoms with Gasteiger partial charge in [0.15, 0.2) is 0 Å². The van der Waals surface area contributed by atoms with Crippen molar-refractivity contribution in [1.82, 2.24) is 5.32 Å². The van der Waals surface area contributed by atoms with Crippen molar-refractivity contribution in [3.05, 3.63) is 0 Å². The smallest absolute Gasteiger partial charge is 0.0697 e. The van der Waals surface area contributed by atoms with E-state index in [0.29, 0.717) is 18.1 Å². The molecule has 0 amide bonds. The average molecular weight is 171 g/mol. The van der Waals surface area contributed by atoms with Crippen LogP contribution >= 0.6 is 0 Å². The molecule has 72 valence electrons. The SMILES string of the molecule is CCC1CNC(C)C(CC)CO1. The molecule has 1 N–H and O–H groups in total. The lowest BCUT2D eigenvalue weighted by atomic mass is 10.00. The first-order chi connectivity index (χ1) is 5.77. The molecule has 0 radical (unpaired) electrons. The molecule has 2 nitrogen and oxygen atoms in total. The lowest BCUT2D eigenvalue weighted by Gasteiger charge is -2.18. The van der Waals surface area contributed by atoms with Crippen LogP contribution in [0.1, 0.15) is 33.6 Å². The van der Waals surface area contributed by atoms with Gasteiger partial charge in [-0.15, -0.1) is 0 Å². The summed E-state index contributed by atoms with van der Waals surface area (Å²) in [5.74, 6) is 0.696. The second kappa shape index (κ2) is 4.83. The van der Waals surface area contributed by atoms with Crippen LogP contribution in [0.4, 0.5) is 0 Å². The van der Waals surface area contributed by atoms with E-state index in [4.69, 9.17) is 4.74 Å². The third-order valence-corrected chi connectivity index (χ3v) is 2.90. The molecule has 3 unspecified atom stereocenters. The van der Waals surface area contributed by atoms with Crippen molar-refractivity contribution in [2.45, 2.75) is 45.8 Å². The Morgan fingerprint density at radius 1 is 1.33 bits per heavy atom. The zero-order chi connectivity index (χ0) is 8.97. The van der Waals surface area contributed by atoms with Gasteiger partial charge in [0.1, 0.15) is 0 Å². The summed E-state index contributed by atoms with van der Waals surface area (Å²) in [4.78, 5) is 0. The second-order valence-electron chi connectivity index (χ2n) is 3.73. The van der Waals surface area contributed by atoms with Crippen molar-refractivity contribution in [1.29, 1.82) is 0 Å². The standard InChI is InChI=1S/C10H21NO/c1-4-9-7-12-10(5-2)6-11-8(9)3/h8-11H,4-7H2,1-3H3. The predicted octanol–water partition coefficient (Wildman–Crippen LogP) is 1.80. The molecule has 0 saturated carbocycles. The topological polar surface area (TPSA) is 21.3 Å². The minimum absolute atomic E-state index is 0.434. The molecule has 12 heavy (non-hydrogen) atoms. The molecule has 0 spiro atoms. The van der Waals surface area contributed by atoms with Crippen LogP contribution < -0.4 is 5.32 Å². The second-order valence-corrected chi connectivity index (χ2v) is 3.73. The van der Waals surface area contributed by atoms with Crippen molar-refractivity contribution in [3.63, 3.8) is 0 Å². The van der Waals surface area contributed by atoms with E-state index in [0.717, 1.165) is 19.6 Å². The molecule has 0 aliphatic carbocycles. The number of rotatable bonds is 2. The van der Waals surface area contributed by atoms with Gasteiger partial charge in [0.2, 0.25) is 0 Å². The summed E-state index contributed by atoms with van der Waals surface area (Å²) >= 11 is 0. The summed E-state index contributed by atoms with van der Waals surface area (Å²) in [6, 6.07) is 0.617. The van der Waals surface area contributed by atoms with E-state index in [1.54, 1.807) is 0 Å². The van der Waals surface area contributed by atoms with Crippen molar-refractivity contribution >= 4 is 0 Å². The third-order valence-electron chi connectivity index (χ3n) is 2.90. The highest BCUT2D eigenvalue weighted by Gasteiger charge is 2.21. The Hall–Kier alpha value is -0.0800. The molecule has 0 aromatic heterocycles. The molecule has 1 aliphatic heterocycles. The van der Waals surface area contributed by atoms with E-state index >= 15 is 0 Å². The first kappa shape index (κ1) is 10.0. The van der Waals surface area contributed by atoms with Crippen LogP contribution in [-0.4, -0.2) is 25.3 Å². The maximum Gasteiger partial charge on any atom is 0.0697 e. The van der Waals surface area contributed by atoms with Crippen LogP contribution in [0.5, 0.6) is 0 Å². The van der Waals surface area contributed by atoms with E-state index in [9.17, 15) is 0 Å². The Labute approximate surface area is 75.7 Å². The number of hydrogen-bond acceptors (Lipinski definition) is 2. The van der Waals surface area contributed by atoms with Gasteiger partial charge in [0.25, 0.3) is 0 Å². The molecule has 1 rings (SSSR count). The van der Waals surface area contributed by atoms with Crippen LogP contribution in [0.15, 0.2) is 0 Å². The Morgan fingerprint density at radius 2 is 2.08 bits per heavy atom.